The van der Waals surface area contributed by atoms with E-state index < -0.39 is 0 Å². The summed E-state index contributed by atoms with van der Waals surface area (Å²) in [6.07, 6.45) is 5.13. The predicted molar refractivity (Wildman–Crippen MR) is 119 cm³/mol. The minimum Gasteiger partial charge on any atom is -0.378 e. The van der Waals surface area contributed by atoms with Crippen molar-refractivity contribution in [3.63, 3.8) is 0 Å². The molecule has 2 saturated heterocycles. The molecule has 4 heterocycles. The van der Waals surface area contributed by atoms with Gasteiger partial charge in [-0.15, -0.1) is 0 Å². The van der Waals surface area contributed by atoms with E-state index in [4.69, 9.17) is 19.8 Å². The van der Waals surface area contributed by atoms with Crippen LogP contribution in [0.2, 0.25) is 0 Å². The fourth-order valence-corrected chi connectivity index (χ4v) is 4.65. The fraction of sp³-hybridized carbons (Fsp3) is 0.522. The van der Waals surface area contributed by atoms with E-state index in [0.717, 1.165) is 74.2 Å². The molecule has 0 unspecified atom stereocenters. The maximum Gasteiger partial charge on any atom is 0.159 e. The first kappa shape index (κ1) is 19.5. The number of anilines is 1. The van der Waals surface area contributed by atoms with Crippen molar-refractivity contribution in [3.05, 3.63) is 41.3 Å². The molecule has 5 rings (SSSR count). The topological polar surface area (TPSA) is 68.1 Å². The van der Waals surface area contributed by atoms with Gasteiger partial charge < -0.3 is 15.0 Å². The largest absolute Gasteiger partial charge is 0.378 e. The lowest BCUT2D eigenvalue weighted by Crippen LogP contribution is -2.37. The lowest BCUT2D eigenvalue weighted by atomic mass is 9.87. The Morgan fingerprint density at radius 2 is 1.83 bits per heavy atom. The van der Waals surface area contributed by atoms with Gasteiger partial charge in [-0.25, -0.2) is 14.6 Å². The Labute approximate surface area is 177 Å². The Morgan fingerprint density at radius 3 is 2.60 bits per heavy atom. The molecule has 0 spiro atoms. The molecule has 0 aliphatic carbocycles. The van der Waals surface area contributed by atoms with Gasteiger partial charge in [-0.3, -0.25) is 0 Å². The maximum absolute atomic E-state index is 5.51. The van der Waals surface area contributed by atoms with Crippen molar-refractivity contribution in [1.29, 1.82) is 0 Å². The molecule has 0 radical (unpaired) electrons. The van der Waals surface area contributed by atoms with Crippen molar-refractivity contribution < 1.29 is 4.74 Å². The summed E-state index contributed by atoms with van der Waals surface area (Å²) in [5, 5.41) is 9.36. The Balaban J connectivity index is 1.58. The van der Waals surface area contributed by atoms with E-state index in [1.165, 1.54) is 24.0 Å². The summed E-state index contributed by atoms with van der Waals surface area (Å²) in [6, 6.07) is 6.69. The highest BCUT2D eigenvalue weighted by Gasteiger charge is 2.20. The Kier molecular flexibility index (Phi) is 5.39. The predicted octanol–water partition coefficient (Wildman–Crippen LogP) is 2.99. The normalized spacial score (nSPS) is 18.3. The van der Waals surface area contributed by atoms with Crippen molar-refractivity contribution >= 4 is 16.7 Å². The summed E-state index contributed by atoms with van der Waals surface area (Å²) >= 11 is 0. The van der Waals surface area contributed by atoms with Gasteiger partial charge in [0.25, 0.3) is 0 Å². The van der Waals surface area contributed by atoms with Crippen LogP contribution in [0.5, 0.6) is 0 Å². The number of ether oxygens (including phenoxy) is 1. The molecule has 0 amide bonds. The molecule has 158 valence electrons. The summed E-state index contributed by atoms with van der Waals surface area (Å²) in [5.74, 6) is 3.27. The molecule has 0 saturated carbocycles. The second kappa shape index (κ2) is 8.32. The van der Waals surface area contributed by atoms with Crippen LogP contribution in [0.15, 0.2) is 24.4 Å². The fourth-order valence-electron chi connectivity index (χ4n) is 4.65. The van der Waals surface area contributed by atoms with Gasteiger partial charge >= 0.3 is 0 Å². The van der Waals surface area contributed by atoms with Crippen LogP contribution in [-0.2, 0) is 11.2 Å². The molecule has 2 aromatic heterocycles. The molecule has 2 aliphatic heterocycles. The second-order valence-electron chi connectivity index (χ2n) is 8.30. The number of benzene rings is 1. The monoisotopic (exact) mass is 406 g/mol. The number of aromatic nitrogens is 4. The number of morpholine rings is 1. The van der Waals surface area contributed by atoms with Gasteiger partial charge in [0, 0.05) is 31.0 Å². The molecular weight excluding hydrogens is 376 g/mol. The van der Waals surface area contributed by atoms with Crippen molar-refractivity contribution in [2.45, 2.75) is 39.0 Å². The smallest absolute Gasteiger partial charge is 0.159 e. The summed E-state index contributed by atoms with van der Waals surface area (Å²) in [6.45, 7) is 9.71. The number of hydrogen-bond acceptors (Lipinski definition) is 6. The molecule has 30 heavy (non-hydrogen) atoms. The van der Waals surface area contributed by atoms with Gasteiger partial charge in [-0.1, -0.05) is 6.92 Å². The highest BCUT2D eigenvalue weighted by atomic mass is 16.5. The lowest BCUT2D eigenvalue weighted by Gasteiger charge is -2.28. The van der Waals surface area contributed by atoms with E-state index in [2.05, 4.69) is 42.3 Å². The molecule has 2 fully saturated rings. The van der Waals surface area contributed by atoms with E-state index in [9.17, 15) is 0 Å². The average molecular weight is 407 g/mol. The summed E-state index contributed by atoms with van der Waals surface area (Å²) in [4.78, 5) is 11.9. The summed E-state index contributed by atoms with van der Waals surface area (Å²) in [5.41, 5.74) is 3.94. The second-order valence-corrected chi connectivity index (χ2v) is 8.30. The maximum atomic E-state index is 5.51. The third-order valence-corrected chi connectivity index (χ3v) is 6.35. The first-order chi connectivity index (χ1) is 14.7. The third kappa shape index (κ3) is 3.68. The van der Waals surface area contributed by atoms with Gasteiger partial charge in [-0.2, -0.15) is 5.10 Å². The van der Waals surface area contributed by atoms with Gasteiger partial charge in [0.05, 0.1) is 24.9 Å². The van der Waals surface area contributed by atoms with Gasteiger partial charge in [-0.05, 0) is 62.0 Å². The summed E-state index contributed by atoms with van der Waals surface area (Å²) < 4.78 is 7.50. The zero-order valence-corrected chi connectivity index (χ0v) is 17.9. The van der Waals surface area contributed by atoms with Crippen molar-refractivity contribution in [1.82, 2.24) is 25.1 Å². The van der Waals surface area contributed by atoms with Crippen LogP contribution in [0.1, 0.15) is 42.6 Å². The van der Waals surface area contributed by atoms with Crippen LogP contribution in [-0.4, -0.2) is 59.1 Å². The van der Waals surface area contributed by atoms with Crippen LogP contribution in [0, 0.1) is 6.92 Å². The number of nitrogens with one attached hydrogen (secondary N) is 1. The average Bonchev–Trinajstić information content (AvgIpc) is 3.22. The standard InChI is InChI=1S/C23H30N6O/c1-3-21-26-22(28-8-10-30-11-9-28)14-23(27-21)29-20-13-19(17-4-6-24-7-5-17)16(2)12-18(20)15-25-29/h12-15,17,24H,3-11H2,1-2H3. The minimum absolute atomic E-state index is 0.611. The number of nitrogens with zero attached hydrogens (tertiary/aromatic N) is 5. The molecule has 1 aromatic carbocycles. The van der Waals surface area contributed by atoms with E-state index in [1.54, 1.807) is 0 Å². The van der Waals surface area contributed by atoms with Crippen molar-refractivity contribution in [3.8, 4) is 5.82 Å². The van der Waals surface area contributed by atoms with E-state index in [0.29, 0.717) is 5.92 Å². The van der Waals surface area contributed by atoms with Crippen LogP contribution >= 0.6 is 0 Å². The number of hydrogen-bond donors (Lipinski definition) is 1. The Morgan fingerprint density at radius 1 is 1.07 bits per heavy atom. The van der Waals surface area contributed by atoms with Crippen molar-refractivity contribution in [2.24, 2.45) is 0 Å². The van der Waals surface area contributed by atoms with E-state index in [-0.39, 0.29) is 0 Å². The number of aryl methyl sites for hydroxylation is 2. The minimum atomic E-state index is 0.611. The SMILES string of the molecule is CCc1nc(N2CCOCC2)cc(-n2ncc3cc(C)c(C4CCNCC4)cc32)n1. The number of rotatable bonds is 4. The van der Waals surface area contributed by atoms with Gasteiger partial charge in [0.15, 0.2) is 5.82 Å². The van der Waals surface area contributed by atoms with Crippen molar-refractivity contribution in [2.75, 3.05) is 44.3 Å². The lowest BCUT2D eigenvalue weighted by molar-refractivity contribution is 0.122. The van der Waals surface area contributed by atoms with Crippen LogP contribution in [0.4, 0.5) is 5.82 Å². The van der Waals surface area contributed by atoms with Gasteiger partial charge in [0.1, 0.15) is 11.6 Å². The molecule has 0 atom stereocenters. The molecule has 7 heteroatoms. The first-order valence-corrected chi connectivity index (χ1v) is 11.1. The Bertz CT molecular complexity index is 1030. The first-order valence-electron chi connectivity index (χ1n) is 11.1. The zero-order valence-electron chi connectivity index (χ0n) is 17.9. The zero-order chi connectivity index (χ0) is 20.5. The van der Waals surface area contributed by atoms with Crippen LogP contribution in [0.3, 0.4) is 0 Å². The van der Waals surface area contributed by atoms with Crippen LogP contribution < -0.4 is 10.2 Å². The Hall–Kier alpha value is -2.51. The van der Waals surface area contributed by atoms with E-state index in [1.807, 2.05) is 10.9 Å². The highest BCUT2D eigenvalue weighted by Crippen LogP contribution is 2.32. The molecule has 7 nitrogen and oxygen atoms in total. The number of fused-ring (bicyclic) bond motifs is 1. The summed E-state index contributed by atoms with van der Waals surface area (Å²) in [7, 11) is 0. The molecule has 1 N–H and O–H groups in total. The quantitative estimate of drug-likeness (QED) is 0.718. The third-order valence-electron chi connectivity index (χ3n) is 6.35. The van der Waals surface area contributed by atoms with Gasteiger partial charge in [0.2, 0.25) is 0 Å². The molecule has 2 aliphatic rings. The van der Waals surface area contributed by atoms with E-state index >= 15 is 0 Å². The molecule has 3 aromatic rings. The molecule has 0 bridgehead atoms. The molecular formula is C23H30N6O. The van der Waals surface area contributed by atoms with Crippen LogP contribution in [0.25, 0.3) is 16.7 Å². The number of piperidine rings is 1. The highest BCUT2D eigenvalue weighted by molar-refractivity contribution is 5.82.